The summed E-state index contributed by atoms with van der Waals surface area (Å²) >= 11 is 0. The lowest BCUT2D eigenvalue weighted by atomic mass is 9.99. The van der Waals surface area contributed by atoms with Crippen LogP contribution in [-0.2, 0) is 4.79 Å². The van der Waals surface area contributed by atoms with E-state index in [2.05, 4.69) is 5.92 Å². The predicted molar refractivity (Wildman–Crippen MR) is 34.8 cm³/mol. The van der Waals surface area contributed by atoms with Gasteiger partial charge in [0.2, 0.25) is 0 Å². The Bertz CT molecular complexity index is 151. The minimum absolute atomic E-state index is 0.0856. The number of carbonyl (C=O) groups is 1. The number of ketones is 1. The molecular weight excluding hydrogens is 116 g/mol. The average Bonchev–Trinajstić information content (AvgIpc) is 1.65. The Kier molecular flexibility index (Phi) is 2.41. The molecule has 0 radical (unpaired) electrons. The summed E-state index contributed by atoms with van der Waals surface area (Å²) in [5.74, 6) is 1.93. The van der Waals surface area contributed by atoms with Gasteiger partial charge >= 0.3 is 0 Å². The third-order valence-electron chi connectivity index (χ3n) is 1.20. The zero-order valence-electron chi connectivity index (χ0n) is 5.64. The fraction of sp³-hybridized carbons (Fsp3) is 0.571. The van der Waals surface area contributed by atoms with E-state index in [0.717, 1.165) is 0 Å². The minimum Gasteiger partial charge on any atom is -0.381 e. The Hall–Kier alpha value is -0.810. The number of hydrogen-bond acceptors (Lipinski definition) is 2. The van der Waals surface area contributed by atoms with Crippen molar-refractivity contribution < 1.29 is 9.90 Å². The smallest absolute Gasteiger partial charge is 0.161 e. The highest BCUT2D eigenvalue weighted by Gasteiger charge is 2.24. The first-order chi connectivity index (χ1) is 4.00. The summed E-state index contributed by atoms with van der Waals surface area (Å²) in [7, 11) is 0. The zero-order chi connectivity index (χ0) is 7.49. The van der Waals surface area contributed by atoms with E-state index in [1.54, 1.807) is 0 Å². The molecule has 9 heavy (non-hydrogen) atoms. The van der Waals surface area contributed by atoms with Crippen molar-refractivity contribution in [2.24, 2.45) is 0 Å². The fourth-order valence-electron chi connectivity index (χ4n) is 0.323. The molecule has 0 saturated carbocycles. The fourth-order valence-corrected chi connectivity index (χ4v) is 0.323. The Morgan fingerprint density at radius 2 is 2.33 bits per heavy atom. The van der Waals surface area contributed by atoms with Crippen LogP contribution in [0.3, 0.4) is 0 Å². The molecule has 0 aromatic heterocycles. The summed E-state index contributed by atoms with van der Waals surface area (Å²) in [4.78, 5) is 10.5. The Labute approximate surface area is 54.9 Å². The zero-order valence-corrected chi connectivity index (χ0v) is 5.64. The maximum atomic E-state index is 10.5. The van der Waals surface area contributed by atoms with Crippen LogP contribution in [0.1, 0.15) is 20.3 Å². The van der Waals surface area contributed by atoms with Crippen LogP contribution < -0.4 is 0 Å². The van der Waals surface area contributed by atoms with Crippen LogP contribution in [0.25, 0.3) is 0 Å². The van der Waals surface area contributed by atoms with Gasteiger partial charge in [-0.15, -0.1) is 12.3 Å². The molecule has 0 aliphatic carbocycles. The van der Waals surface area contributed by atoms with Crippen molar-refractivity contribution in [3.8, 4) is 12.3 Å². The van der Waals surface area contributed by atoms with Gasteiger partial charge in [-0.05, 0) is 13.8 Å². The third-order valence-corrected chi connectivity index (χ3v) is 1.20. The molecule has 0 spiro atoms. The predicted octanol–water partition coefficient (Wildman–Crippen LogP) is 0.350. The first-order valence-corrected chi connectivity index (χ1v) is 2.67. The van der Waals surface area contributed by atoms with Gasteiger partial charge in [-0.1, -0.05) is 0 Å². The van der Waals surface area contributed by atoms with Crippen LogP contribution >= 0.6 is 0 Å². The molecule has 0 aliphatic rings. The van der Waals surface area contributed by atoms with Crippen molar-refractivity contribution in [3.63, 3.8) is 0 Å². The van der Waals surface area contributed by atoms with Crippen LogP contribution in [0.2, 0.25) is 0 Å². The van der Waals surface area contributed by atoms with E-state index in [1.807, 2.05) is 0 Å². The monoisotopic (exact) mass is 126 g/mol. The third kappa shape index (κ3) is 2.29. The second kappa shape index (κ2) is 2.65. The van der Waals surface area contributed by atoms with E-state index in [1.165, 1.54) is 13.8 Å². The molecule has 50 valence electrons. The molecule has 0 bridgehead atoms. The van der Waals surface area contributed by atoms with Crippen molar-refractivity contribution in [2.45, 2.75) is 25.9 Å². The van der Waals surface area contributed by atoms with Crippen molar-refractivity contribution in [3.05, 3.63) is 0 Å². The number of aliphatic hydroxyl groups is 1. The molecule has 0 rings (SSSR count). The number of Topliss-reactive ketones (excluding diaryl/α,β-unsaturated/α-hetero) is 1. The molecule has 0 heterocycles. The van der Waals surface area contributed by atoms with Gasteiger partial charge in [0.15, 0.2) is 5.78 Å². The Morgan fingerprint density at radius 1 is 1.89 bits per heavy atom. The maximum Gasteiger partial charge on any atom is 0.161 e. The van der Waals surface area contributed by atoms with Crippen LogP contribution in [0.15, 0.2) is 0 Å². The van der Waals surface area contributed by atoms with Crippen LogP contribution in [0, 0.1) is 12.3 Å². The number of rotatable bonds is 2. The summed E-state index contributed by atoms with van der Waals surface area (Å²) < 4.78 is 0. The first-order valence-electron chi connectivity index (χ1n) is 2.67. The van der Waals surface area contributed by atoms with E-state index in [9.17, 15) is 4.79 Å². The largest absolute Gasteiger partial charge is 0.381 e. The van der Waals surface area contributed by atoms with Gasteiger partial charge in [-0.25, -0.2) is 0 Å². The number of carbonyl (C=O) groups excluding carboxylic acids is 1. The summed E-state index contributed by atoms with van der Waals surface area (Å²) in [6, 6.07) is 0. The molecule has 0 amide bonds. The standard InChI is InChI=1S/C7H10O2/c1-4-5-7(3,9)6(2)8/h1,9H,5H2,2-3H3. The normalized spacial score (nSPS) is 15.8. The van der Waals surface area contributed by atoms with Gasteiger partial charge in [0.05, 0.1) is 0 Å². The van der Waals surface area contributed by atoms with Gasteiger partial charge < -0.3 is 5.11 Å². The molecular formula is C7H10O2. The number of hydrogen-bond donors (Lipinski definition) is 1. The molecule has 0 aliphatic heterocycles. The average molecular weight is 126 g/mol. The van der Waals surface area contributed by atoms with E-state index in [-0.39, 0.29) is 12.2 Å². The first kappa shape index (κ1) is 8.19. The Morgan fingerprint density at radius 3 is 2.44 bits per heavy atom. The molecule has 0 fully saturated rings. The topological polar surface area (TPSA) is 37.3 Å². The Balaban J connectivity index is 4.06. The minimum atomic E-state index is -1.32. The molecule has 1 unspecified atom stereocenters. The molecule has 2 nitrogen and oxygen atoms in total. The van der Waals surface area contributed by atoms with E-state index >= 15 is 0 Å². The van der Waals surface area contributed by atoms with Gasteiger partial charge in [-0.3, -0.25) is 4.79 Å². The lowest BCUT2D eigenvalue weighted by molar-refractivity contribution is -0.132. The maximum absolute atomic E-state index is 10.5. The highest BCUT2D eigenvalue weighted by atomic mass is 16.3. The van der Waals surface area contributed by atoms with Crippen LogP contribution in [0.4, 0.5) is 0 Å². The van der Waals surface area contributed by atoms with E-state index in [0.29, 0.717) is 0 Å². The molecule has 0 saturated heterocycles. The summed E-state index contributed by atoms with van der Waals surface area (Å²) in [5, 5.41) is 9.10. The van der Waals surface area contributed by atoms with Crippen molar-refractivity contribution in [2.75, 3.05) is 0 Å². The molecule has 0 aromatic rings. The second-order valence-corrected chi connectivity index (χ2v) is 2.21. The molecule has 0 aromatic carbocycles. The summed E-state index contributed by atoms with van der Waals surface area (Å²) in [6.07, 6.45) is 4.98. The highest BCUT2D eigenvalue weighted by Crippen LogP contribution is 2.08. The van der Waals surface area contributed by atoms with Crippen molar-refractivity contribution in [1.29, 1.82) is 0 Å². The lowest BCUT2D eigenvalue weighted by Crippen LogP contribution is -2.32. The van der Waals surface area contributed by atoms with Crippen LogP contribution in [-0.4, -0.2) is 16.5 Å². The molecule has 1 N–H and O–H groups in total. The van der Waals surface area contributed by atoms with Crippen molar-refractivity contribution in [1.82, 2.24) is 0 Å². The lowest BCUT2D eigenvalue weighted by Gasteiger charge is -2.15. The van der Waals surface area contributed by atoms with Gasteiger partial charge in [0.25, 0.3) is 0 Å². The van der Waals surface area contributed by atoms with Gasteiger partial charge in [-0.2, -0.15) is 0 Å². The van der Waals surface area contributed by atoms with Gasteiger partial charge in [0.1, 0.15) is 5.60 Å². The molecule has 2 heteroatoms. The van der Waals surface area contributed by atoms with Gasteiger partial charge in [0, 0.05) is 6.42 Å². The SMILES string of the molecule is C#CCC(C)(O)C(C)=O. The quantitative estimate of drug-likeness (QED) is 0.542. The summed E-state index contributed by atoms with van der Waals surface area (Å²) in [5.41, 5.74) is -1.32. The van der Waals surface area contributed by atoms with E-state index < -0.39 is 5.60 Å². The van der Waals surface area contributed by atoms with E-state index in [4.69, 9.17) is 11.5 Å². The van der Waals surface area contributed by atoms with Crippen molar-refractivity contribution >= 4 is 5.78 Å². The number of terminal acetylenes is 1. The second-order valence-electron chi connectivity index (χ2n) is 2.21. The van der Waals surface area contributed by atoms with Crippen LogP contribution in [0.5, 0.6) is 0 Å². The highest BCUT2D eigenvalue weighted by molar-refractivity contribution is 5.84. The molecule has 1 atom stereocenters. The summed E-state index contributed by atoms with van der Waals surface area (Å²) in [6.45, 7) is 2.73.